The van der Waals surface area contributed by atoms with Crippen LogP contribution in [-0.2, 0) is 0 Å². The Kier molecular flexibility index (Phi) is 2.12. The predicted molar refractivity (Wildman–Crippen MR) is 47.0 cm³/mol. The Morgan fingerprint density at radius 3 is 2.36 bits per heavy atom. The molecule has 0 amide bonds. The first kappa shape index (κ1) is 7.62. The molecule has 2 heteroatoms. The summed E-state index contributed by atoms with van der Waals surface area (Å²) in [4.78, 5) is 5.34. The van der Waals surface area contributed by atoms with E-state index in [1.807, 2.05) is 43.3 Å². The molecule has 1 rings (SSSR count). The fourth-order valence-electron chi connectivity index (χ4n) is 0.937. The van der Waals surface area contributed by atoms with Gasteiger partial charge >= 0.3 is 0 Å². The summed E-state index contributed by atoms with van der Waals surface area (Å²) in [7, 11) is 3.87. The number of anilines is 1. The van der Waals surface area contributed by atoms with Gasteiger partial charge in [0.1, 0.15) is 0 Å². The van der Waals surface area contributed by atoms with Crippen LogP contribution in [0.2, 0.25) is 0 Å². The molecule has 0 unspecified atom stereocenters. The second-order valence-corrected chi connectivity index (χ2v) is 2.49. The van der Waals surface area contributed by atoms with Gasteiger partial charge in [0.15, 0.2) is 0 Å². The SMILES string of the molecule is [C-]#[N+]c1ccccc1N(C)C. The third kappa shape index (κ3) is 1.50. The highest BCUT2D eigenvalue weighted by molar-refractivity contribution is 5.69. The largest absolute Gasteiger partial charge is 0.386 e. The van der Waals surface area contributed by atoms with Crippen molar-refractivity contribution in [1.29, 1.82) is 0 Å². The molecule has 0 heterocycles. The smallest absolute Gasteiger partial charge is 0.209 e. The normalized spacial score (nSPS) is 8.82. The Bertz CT molecular complexity index is 284. The molecule has 0 saturated heterocycles. The topological polar surface area (TPSA) is 7.60 Å². The summed E-state index contributed by atoms with van der Waals surface area (Å²) in [6.45, 7) is 6.88. The fourth-order valence-corrected chi connectivity index (χ4v) is 0.937. The summed E-state index contributed by atoms with van der Waals surface area (Å²) in [5.74, 6) is 0. The van der Waals surface area contributed by atoms with Gasteiger partial charge in [0.2, 0.25) is 5.69 Å². The average molecular weight is 146 g/mol. The number of hydrogen-bond donors (Lipinski definition) is 0. The second kappa shape index (κ2) is 3.07. The van der Waals surface area contributed by atoms with Crippen LogP contribution < -0.4 is 4.90 Å². The molecule has 56 valence electrons. The third-order valence-electron chi connectivity index (χ3n) is 1.48. The Labute approximate surface area is 66.9 Å². The van der Waals surface area contributed by atoms with Crippen LogP contribution in [-0.4, -0.2) is 14.1 Å². The minimum Gasteiger partial charge on any atom is -0.386 e. The molecule has 0 bridgehead atoms. The van der Waals surface area contributed by atoms with Crippen LogP contribution in [0.4, 0.5) is 11.4 Å². The lowest BCUT2D eigenvalue weighted by Gasteiger charge is -2.13. The van der Waals surface area contributed by atoms with Crippen molar-refractivity contribution in [3.63, 3.8) is 0 Å². The van der Waals surface area contributed by atoms with E-state index >= 15 is 0 Å². The van der Waals surface area contributed by atoms with Crippen molar-refractivity contribution in [2.75, 3.05) is 19.0 Å². The van der Waals surface area contributed by atoms with Crippen LogP contribution in [0, 0.1) is 6.57 Å². The molecule has 0 fully saturated rings. The van der Waals surface area contributed by atoms with Gasteiger partial charge in [-0.2, -0.15) is 0 Å². The van der Waals surface area contributed by atoms with Crippen molar-refractivity contribution in [2.45, 2.75) is 0 Å². The fraction of sp³-hybridized carbons (Fsp3) is 0.222. The molecule has 0 N–H and O–H groups in total. The summed E-state index contributed by atoms with van der Waals surface area (Å²) in [6, 6.07) is 7.57. The zero-order valence-electron chi connectivity index (χ0n) is 6.70. The van der Waals surface area contributed by atoms with Crippen LogP contribution >= 0.6 is 0 Å². The third-order valence-corrected chi connectivity index (χ3v) is 1.48. The maximum atomic E-state index is 6.88. The quantitative estimate of drug-likeness (QED) is 0.552. The molecule has 11 heavy (non-hydrogen) atoms. The Morgan fingerprint density at radius 1 is 1.27 bits per heavy atom. The van der Waals surface area contributed by atoms with Crippen molar-refractivity contribution < 1.29 is 0 Å². The number of benzene rings is 1. The monoisotopic (exact) mass is 146 g/mol. The van der Waals surface area contributed by atoms with E-state index in [1.165, 1.54) is 0 Å². The van der Waals surface area contributed by atoms with Crippen molar-refractivity contribution in [2.24, 2.45) is 0 Å². The standard InChI is InChI=1S/C9H10N2/c1-10-8-6-4-5-7-9(8)11(2)3/h4-7H,2-3H3. The highest BCUT2D eigenvalue weighted by atomic mass is 15.1. The summed E-state index contributed by atoms with van der Waals surface area (Å²) in [5.41, 5.74) is 1.68. The molecule has 0 aliphatic carbocycles. The van der Waals surface area contributed by atoms with Gasteiger partial charge in [-0.25, -0.2) is 4.85 Å². The first-order valence-corrected chi connectivity index (χ1v) is 3.39. The molecule has 2 nitrogen and oxygen atoms in total. The van der Waals surface area contributed by atoms with Gasteiger partial charge in [-0.15, -0.1) is 0 Å². The van der Waals surface area contributed by atoms with Crippen molar-refractivity contribution in [1.82, 2.24) is 0 Å². The summed E-state index contributed by atoms with van der Waals surface area (Å²) >= 11 is 0. The molecule has 0 atom stereocenters. The van der Waals surface area contributed by atoms with Crippen molar-refractivity contribution in [3.05, 3.63) is 35.7 Å². The van der Waals surface area contributed by atoms with E-state index in [4.69, 9.17) is 6.57 Å². The zero-order valence-corrected chi connectivity index (χ0v) is 6.70. The molecule has 1 aromatic rings. The number of para-hydroxylation sites is 2. The van der Waals surface area contributed by atoms with Crippen LogP contribution in [0.15, 0.2) is 24.3 Å². The minimum absolute atomic E-state index is 0.706. The molecule has 0 aliphatic heterocycles. The Morgan fingerprint density at radius 2 is 1.91 bits per heavy atom. The van der Waals surface area contributed by atoms with Gasteiger partial charge in [-0.05, 0) is 6.07 Å². The van der Waals surface area contributed by atoms with E-state index in [0.29, 0.717) is 5.69 Å². The predicted octanol–water partition coefficient (Wildman–Crippen LogP) is 2.30. The highest BCUT2D eigenvalue weighted by Crippen LogP contribution is 2.25. The number of nitrogens with zero attached hydrogens (tertiary/aromatic N) is 2. The van der Waals surface area contributed by atoms with Crippen LogP contribution in [0.25, 0.3) is 4.85 Å². The van der Waals surface area contributed by atoms with Gasteiger partial charge in [0.05, 0.1) is 6.57 Å². The summed E-state index contributed by atoms with van der Waals surface area (Å²) in [5, 5.41) is 0. The summed E-state index contributed by atoms with van der Waals surface area (Å²) in [6.07, 6.45) is 0. The molecular weight excluding hydrogens is 136 g/mol. The highest BCUT2D eigenvalue weighted by Gasteiger charge is 2.00. The zero-order chi connectivity index (χ0) is 8.27. The lowest BCUT2D eigenvalue weighted by molar-refractivity contribution is 1.14. The maximum Gasteiger partial charge on any atom is 0.209 e. The lowest BCUT2D eigenvalue weighted by Crippen LogP contribution is -2.08. The van der Waals surface area contributed by atoms with E-state index in [9.17, 15) is 0 Å². The van der Waals surface area contributed by atoms with Gasteiger partial charge in [0, 0.05) is 19.8 Å². The van der Waals surface area contributed by atoms with Crippen molar-refractivity contribution in [3.8, 4) is 0 Å². The van der Waals surface area contributed by atoms with E-state index in [0.717, 1.165) is 5.69 Å². The molecule has 0 aromatic heterocycles. The lowest BCUT2D eigenvalue weighted by atomic mass is 10.2. The molecular formula is C9H10N2. The van der Waals surface area contributed by atoms with Gasteiger partial charge in [0.25, 0.3) is 0 Å². The molecule has 1 aromatic carbocycles. The Hall–Kier alpha value is -1.49. The number of rotatable bonds is 1. The molecule has 0 saturated carbocycles. The van der Waals surface area contributed by atoms with Crippen LogP contribution in [0.3, 0.4) is 0 Å². The first-order chi connectivity index (χ1) is 5.25. The van der Waals surface area contributed by atoms with Crippen LogP contribution in [0.5, 0.6) is 0 Å². The van der Waals surface area contributed by atoms with E-state index in [1.54, 1.807) is 0 Å². The number of hydrogen-bond acceptors (Lipinski definition) is 1. The van der Waals surface area contributed by atoms with E-state index in [-0.39, 0.29) is 0 Å². The minimum atomic E-state index is 0.706. The summed E-state index contributed by atoms with van der Waals surface area (Å²) < 4.78 is 0. The molecule has 0 spiro atoms. The van der Waals surface area contributed by atoms with Crippen molar-refractivity contribution >= 4 is 11.4 Å². The maximum absolute atomic E-state index is 6.88. The Balaban J connectivity index is 3.15. The molecule has 0 aliphatic rings. The second-order valence-electron chi connectivity index (χ2n) is 2.49. The van der Waals surface area contributed by atoms with E-state index < -0.39 is 0 Å². The molecule has 0 radical (unpaired) electrons. The average Bonchev–Trinajstić information content (AvgIpc) is 2.04. The van der Waals surface area contributed by atoms with Gasteiger partial charge in [-0.1, -0.05) is 18.2 Å². The van der Waals surface area contributed by atoms with Crippen LogP contribution in [0.1, 0.15) is 0 Å². The van der Waals surface area contributed by atoms with E-state index in [2.05, 4.69) is 4.85 Å². The van der Waals surface area contributed by atoms with Gasteiger partial charge in [-0.3, -0.25) is 0 Å². The van der Waals surface area contributed by atoms with Gasteiger partial charge < -0.3 is 4.90 Å². The first-order valence-electron chi connectivity index (χ1n) is 3.39.